The highest BCUT2D eigenvalue weighted by Gasteiger charge is 2.86. The van der Waals surface area contributed by atoms with E-state index >= 15 is 0 Å². The number of carbonyl (C=O) groups is 2. The van der Waals surface area contributed by atoms with E-state index in [9.17, 15) is 60.7 Å². The normalized spacial score (nSPS) is 54.5. The van der Waals surface area contributed by atoms with Gasteiger partial charge in [-0.15, -0.1) is 0 Å². The van der Waals surface area contributed by atoms with Crippen molar-refractivity contribution >= 4 is 12.3 Å². The van der Waals surface area contributed by atoms with Crippen molar-refractivity contribution in [1.82, 2.24) is 0 Å². The molecule has 4 aliphatic heterocycles. The Morgan fingerprint density at radius 1 is 0.662 bits per heavy atom. The van der Waals surface area contributed by atoms with Crippen molar-refractivity contribution in [3.8, 4) is 0 Å². The van der Waals surface area contributed by atoms with Gasteiger partial charge in [-0.3, -0.25) is 0 Å². The van der Waals surface area contributed by atoms with Crippen LogP contribution in [-0.4, -0.2) is 199 Å². The Labute approximate surface area is 431 Å². The molecule has 20 nitrogen and oxygen atoms in total. The van der Waals surface area contributed by atoms with Crippen LogP contribution in [0.25, 0.3) is 0 Å². The van der Waals surface area contributed by atoms with E-state index in [0.717, 1.165) is 32.0 Å². The zero-order valence-corrected chi connectivity index (χ0v) is 43.4. The van der Waals surface area contributed by atoms with Crippen LogP contribution in [0.2, 0.25) is 0 Å². The minimum absolute atomic E-state index is 0.0918. The fourth-order valence-electron chi connectivity index (χ4n) is 16.9. The van der Waals surface area contributed by atoms with E-state index < -0.39 is 151 Å². The molecule has 9 aliphatic rings. The average Bonchev–Trinajstić information content (AvgIpc) is 4.11. The summed E-state index contributed by atoms with van der Waals surface area (Å²) in [5.41, 5.74) is -3.50. The number of esters is 1. The first-order valence-corrected chi connectivity index (χ1v) is 26.8. The van der Waals surface area contributed by atoms with Crippen LogP contribution in [0.3, 0.4) is 0 Å². The van der Waals surface area contributed by atoms with Gasteiger partial charge in [-0.2, -0.15) is 0 Å². The Morgan fingerprint density at radius 2 is 1.28 bits per heavy atom. The highest BCUT2D eigenvalue weighted by molar-refractivity contribution is 5.89. The molecule has 0 aromatic heterocycles. The fraction of sp³-hybridized carbons (Fsp3) is 0.852. The summed E-state index contributed by atoms with van der Waals surface area (Å²) < 4.78 is 50.0. The van der Waals surface area contributed by atoms with E-state index in [4.69, 9.17) is 37.9 Å². The third-order valence-corrected chi connectivity index (χ3v) is 21.5. The molecule has 5 saturated carbocycles. The van der Waals surface area contributed by atoms with Gasteiger partial charge in [0.1, 0.15) is 85.1 Å². The summed E-state index contributed by atoms with van der Waals surface area (Å²) in [4.78, 5) is 26.7. The lowest BCUT2D eigenvalue weighted by molar-refractivity contribution is -0.382. The Balaban J connectivity index is 0.888. The molecule has 1 aromatic rings. The zero-order valence-electron chi connectivity index (χ0n) is 43.4. The van der Waals surface area contributed by atoms with Gasteiger partial charge >= 0.3 is 5.97 Å². The van der Waals surface area contributed by atoms with Gasteiger partial charge in [0.15, 0.2) is 18.9 Å². The predicted octanol–water partition coefficient (Wildman–Crippen LogP) is 0.477. The first kappa shape index (κ1) is 55.0. The second-order valence-corrected chi connectivity index (χ2v) is 25.5. The third kappa shape index (κ3) is 8.08. The molecule has 20 heteroatoms. The first-order valence-electron chi connectivity index (χ1n) is 26.8. The van der Waals surface area contributed by atoms with E-state index in [1.165, 1.54) is 0 Å². The Morgan fingerprint density at radius 3 is 1.89 bits per heavy atom. The molecule has 27 atom stereocenters. The van der Waals surface area contributed by atoms with Gasteiger partial charge in [0.2, 0.25) is 0 Å². The highest BCUT2D eigenvalue weighted by atomic mass is 16.8. The quantitative estimate of drug-likeness (QED) is 0.0624. The summed E-state index contributed by atoms with van der Waals surface area (Å²) >= 11 is 0. The maximum atomic E-state index is 13.5. The van der Waals surface area contributed by atoms with Crippen LogP contribution in [0.15, 0.2) is 30.3 Å². The summed E-state index contributed by atoms with van der Waals surface area (Å²) in [5, 5.41) is 108. The molecule has 4 heterocycles. The van der Waals surface area contributed by atoms with Gasteiger partial charge < -0.3 is 93.8 Å². The highest BCUT2D eigenvalue weighted by Crippen LogP contribution is 2.83. The second-order valence-electron chi connectivity index (χ2n) is 25.5. The summed E-state index contributed by atoms with van der Waals surface area (Å²) in [6, 6.07) is 8.74. The van der Waals surface area contributed by atoms with Gasteiger partial charge in [0.05, 0.1) is 49.1 Å². The summed E-state index contributed by atoms with van der Waals surface area (Å²) in [5.74, 6) is -0.439. The number of ether oxygens (including phenoxy) is 8. The van der Waals surface area contributed by atoms with E-state index in [2.05, 4.69) is 41.5 Å². The Hall–Kier alpha value is -2.32. The SMILES string of the molecule is CC1(C)C2CC[C@]3(C)C(CC4O[C@]45[C@@H]4C[C@@](C)(C=O)[C@@H](OC(=O)c6ccccc6)C[C@]4(C)[C@@H](O)C[C@@]35C)[C@@]2(C)CC[C@@H]1O[C@@H]1OC[C@H](O[C@@H]2O[C@H](CO)[C@@H](O)[C@H](O)[C@H]2O)[C@H](O)[C@H]1O[C@@H]1O[C@H](CO)[C@@H](O)[C@H](O)[C@H]1O. The van der Waals surface area contributed by atoms with Crippen molar-refractivity contribution < 1.29 is 98.5 Å². The number of epoxide rings is 1. The number of aldehydes is 1. The summed E-state index contributed by atoms with van der Waals surface area (Å²) in [6.45, 7) is 13.5. The maximum absolute atomic E-state index is 13.5. The molecule has 3 unspecified atom stereocenters. The van der Waals surface area contributed by atoms with Crippen molar-refractivity contribution in [1.29, 1.82) is 0 Å². The van der Waals surface area contributed by atoms with Gasteiger partial charge in [-0.1, -0.05) is 59.7 Å². The molecule has 0 radical (unpaired) electrons. The van der Waals surface area contributed by atoms with Crippen LogP contribution < -0.4 is 0 Å². The number of benzene rings is 1. The molecule has 1 spiro atoms. The summed E-state index contributed by atoms with van der Waals surface area (Å²) in [7, 11) is 0. The van der Waals surface area contributed by atoms with E-state index in [1.807, 2.05) is 13.0 Å². The van der Waals surface area contributed by atoms with Gasteiger partial charge in [0, 0.05) is 16.7 Å². The smallest absolute Gasteiger partial charge is 0.338 e. The van der Waals surface area contributed by atoms with Crippen molar-refractivity contribution in [3.05, 3.63) is 35.9 Å². The maximum Gasteiger partial charge on any atom is 0.338 e. The van der Waals surface area contributed by atoms with E-state index in [1.54, 1.807) is 24.3 Å². The number of hydrogen-bond acceptors (Lipinski definition) is 20. The minimum Gasteiger partial charge on any atom is -0.458 e. The molecule has 74 heavy (non-hydrogen) atoms. The van der Waals surface area contributed by atoms with Gasteiger partial charge in [-0.05, 0) is 98.5 Å². The molecule has 416 valence electrons. The van der Waals surface area contributed by atoms with Gasteiger partial charge in [-0.25, -0.2) is 4.79 Å². The fourth-order valence-corrected chi connectivity index (χ4v) is 16.9. The molecule has 5 aliphatic carbocycles. The zero-order chi connectivity index (χ0) is 53.5. The molecule has 4 saturated heterocycles. The monoisotopic (exact) mass is 1050 g/mol. The molecular weight excluding hydrogens is 969 g/mol. The van der Waals surface area contributed by atoms with E-state index in [-0.39, 0.29) is 41.3 Å². The van der Waals surface area contributed by atoms with Crippen molar-refractivity contribution in [2.45, 2.75) is 216 Å². The number of carbonyl (C=O) groups excluding carboxylic acids is 2. The molecule has 10 N–H and O–H groups in total. The van der Waals surface area contributed by atoms with Crippen LogP contribution >= 0.6 is 0 Å². The molecule has 0 amide bonds. The standard InChI is InChI=1S/C54H80O20/c1-48(2)29-13-16-52(6)30(17-34-54(74-34)31-18-49(3,24-57)35(71-44(66)25-11-9-8-10-12-25)20-51(31,5)32(58)19-53(52,54)7)50(29,4)15-14-33(48)72-47-43(73-46-42(65)40(63)37(60)27(22-56)69-46)38(61)28(23-67-47)70-45-41(64)39(62)36(59)26(21-55)68-45/h8-12,24,26-43,45-47,55-56,58-65H,13-23H2,1-7H3/t26-,27-,28+,29?,30?,31-,32+,33+,34?,35+,36-,37-,38+,39+,40+,41-,42-,43-,45+,46+,47+,49+,50+,51+,52-,53+,54-/m1/s1. The largest absolute Gasteiger partial charge is 0.458 e. The average molecular weight is 1050 g/mol. The van der Waals surface area contributed by atoms with Crippen LogP contribution in [0, 0.1) is 50.2 Å². The van der Waals surface area contributed by atoms with Crippen molar-refractivity contribution in [2.75, 3.05) is 19.8 Å². The number of aliphatic hydroxyl groups is 10. The van der Waals surface area contributed by atoms with E-state index in [0.29, 0.717) is 31.2 Å². The minimum atomic E-state index is -1.85. The van der Waals surface area contributed by atoms with Crippen molar-refractivity contribution in [2.24, 2.45) is 50.2 Å². The molecule has 1 aromatic carbocycles. The van der Waals surface area contributed by atoms with Crippen molar-refractivity contribution in [3.63, 3.8) is 0 Å². The molecule has 0 bridgehead atoms. The lowest BCUT2D eigenvalue weighted by Gasteiger charge is -2.73. The topological polar surface area (TPSA) is 314 Å². The first-order chi connectivity index (χ1) is 34.8. The number of fused-ring (bicyclic) bond motifs is 5. The Kier molecular flexibility index (Phi) is 14.3. The van der Waals surface area contributed by atoms with Crippen LogP contribution in [0.1, 0.15) is 110 Å². The molecule has 9 fully saturated rings. The predicted molar refractivity (Wildman–Crippen MR) is 255 cm³/mol. The lowest BCUT2D eigenvalue weighted by Crippen LogP contribution is -2.73. The molecular formula is C54H80O20. The van der Waals surface area contributed by atoms with Crippen LogP contribution in [0.5, 0.6) is 0 Å². The number of hydrogen-bond donors (Lipinski definition) is 10. The lowest BCUT2D eigenvalue weighted by atomic mass is 9.31. The van der Waals surface area contributed by atoms with Crippen LogP contribution in [0.4, 0.5) is 0 Å². The number of rotatable bonds is 11. The Bertz CT molecular complexity index is 2220. The molecule has 10 rings (SSSR count). The second kappa shape index (κ2) is 19.2. The van der Waals surface area contributed by atoms with Gasteiger partial charge in [0.25, 0.3) is 0 Å². The summed E-state index contributed by atoms with van der Waals surface area (Å²) in [6.07, 6.45) is -18.8. The van der Waals surface area contributed by atoms with Crippen LogP contribution in [-0.2, 0) is 42.7 Å². The number of aliphatic hydroxyl groups excluding tert-OH is 10. The third-order valence-electron chi connectivity index (χ3n) is 21.5.